The minimum absolute atomic E-state index is 0.172. The maximum Gasteiger partial charge on any atom is 0.137 e. The van der Waals surface area contributed by atoms with Crippen molar-refractivity contribution < 1.29 is 4.74 Å². The molecule has 0 unspecified atom stereocenters. The highest BCUT2D eigenvalue weighted by Crippen LogP contribution is 2.28. The second kappa shape index (κ2) is 7.37. The summed E-state index contributed by atoms with van der Waals surface area (Å²) < 4.78 is 7.93. The molecule has 5 rings (SSSR count). The van der Waals surface area contributed by atoms with Gasteiger partial charge in [0.2, 0.25) is 0 Å². The van der Waals surface area contributed by atoms with Crippen molar-refractivity contribution in [3.63, 3.8) is 0 Å². The maximum atomic E-state index is 5.76. The zero-order valence-electron chi connectivity index (χ0n) is 16.8. The molecule has 2 aromatic heterocycles. The summed E-state index contributed by atoms with van der Waals surface area (Å²) in [6.45, 7) is 6.25. The number of ether oxygens (including phenoxy) is 1. The SMILES string of the molecule is CC(C)Oc1ccc(-c2cnc3ccc(-c4ccc(C5CNC5)cc4)cn23)cc1. The summed E-state index contributed by atoms with van der Waals surface area (Å²) >= 11 is 0. The van der Waals surface area contributed by atoms with Gasteiger partial charge in [0.1, 0.15) is 11.4 Å². The summed E-state index contributed by atoms with van der Waals surface area (Å²) in [4.78, 5) is 4.58. The van der Waals surface area contributed by atoms with Crippen molar-refractivity contribution in [1.82, 2.24) is 14.7 Å². The molecule has 1 fully saturated rings. The smallest absolute Gasteiger partial charge is 0.137 e. The zero-order chi connectivity index (χ0) is 19.8. The topological polar surface area (TPSA) is 38.6 Å². The number of fused-ring (bicyclic) bond motifs is 1. The van der Waals surface area contributed by atoms with E-state index >= 15 is 0 Å². The van der Waals surface area contributed by atoms with E-state index in [-0.39, 0.29) is 6.10 Å². The number of nitrogens with one attached hydrogen (secondary N) is 1. The van der Waals surface area contributed by atoms with Crippen molar-refractivity contribution >= 4 is 5.65 Å². The molecule has 0 bridgehead atoms. The Kier molecular flexibility index (Phi) is 4.57. The molecular weight excluding hydrogens is 358 g/mol. The van der Waals surface area contributed by atoms with Crippen molar-refractivity contribution in [2.45, 2.75) is 25.9 Å². The molecule has 146 valence electrons. The lowest BCUT2D eigenvalue weighted by Crippen LogP contribution is -2.39. The summed E-state index contributed by atoms with van der Waals surface area (Å²) in [7, 11) is 0. The summed E-state index contributed by atoms with van der Waals surface area (Å²) in [5, 5.41) is 3.34. The Hall–Kier alpha value is -3.11. The van der Waals surface area contributed by atoms with Gasteiger partial charge in [-0.05, 0) is 66.9 Å². The lowest BCUT2D eigenvalue weighted by molar-refractivity contribution is 0.242. The molecule has 1 saturated heterocycles. The van der Waals surface area contributed by atoms with Crippen LogP contribution < -0.4 is 10.1 Å². The number of aromatic nitrogens is 2. The van der Waals surface area contributed by atoms with Crippen LogP contribution in [-0.4, -0.2) is 28.6 Å². The lowest BCUT2D eigenvalue weighted by Gasteiger charge is -2.27. The van der Waals surface area contributed by atoms with E-state index < -0.39 is 0 Å². The minimum Gasteiger partial charge on any atom is -0.491 e. The summed E-state index contributed by atoms with van der Waals surface area (Å²) in [6, 6.07) is 21.4. The fraction of sp³-hybridized carbons (Fsp3) is 0.240. The molecule has 0 saturated carbocycles. The van der Waals surface area contributed by atoms with Crippen molar-refractivity contribution in [1.29, 1.82) is 0 Å². The molecule has 0 aliphatic carbocycles. The maximum absolute atomic E-state index is 5.76. The minimum atomic E-state index is 0.172. The molecule has 4 nitrogen and oxygen atoms in total. The summed E-state index contributed by atoms with van der Waals surface area (Å²) in [5.74, 6) is 1.55. The highest BCUT2D eigenvalue weighted by molar-refractivity contribution is 5.69. The van der Waals surface area contributed by atoms with Gasteiger partial charge >= 0.3 is 0 Å². The highest BCUT2D eigenvalue weighted by atomic mass is 16.5. The lowest BCUT2D eigenvalue weighted by atomic mass is 9.92. The Morgan fingerprint density at radius 1 is 0.897 bits per heavy atom. The van der Waals surface area contributed by atoms with Gasteiger partial charge in [-0.1, -0.05) is 24.3 Å². The van der Waals surface area contributed by atoms with Crippen molar-refractivity contribution in [2.24, 2.45) is 0 Å². The zero-order valence-corrected chi connectivity index (χ0v) is 16.8. The summed E-state index contributed by atoms with van der Waals surface area (Å²) in [6.07, 6.45) is 4.28. The Morgan fingerprint density at radius 3 is 2.24 bits per heavy atom. The van der Waals surface area contributed by atoms with Crippen molar-refractivity contribution in [3.05, 3.63) is 78.6 Å². The van der Waals surface area contributed by atoms with E-state index in [1.165, 1.54) is 16.7 Å². The van der Waals surface area contributed by atoms with Crippen LogP contribution in [0.3, 0.4) is 0 Å². The van der Waals surface area contributed by atoms with Crippen LogP contribution in [0.2, 0.25) is 0 Å². The standard InChI is InChI=1S/C25H25N3O/c1-17(2)29-23-10-7-20(8-11-23)24-15-27-25-12-9-21(16-28(24)25)18-3-5-19(6-4-18)22-13-26-14-22/h3-12,15-17,22,26H,13-14H2,1-2H3. The Morgan fingerprint density at radius 2 is 1.59 bits per heavy atom. The third-order valence-electron chi connectivity index (χ3n) is 5.52. The molecule has 1 aliphatic heterocycles. The molecule has 29 heavy (non-hydrogen) atoms. The molecule has 2 aromatic carbocycles. The second-order valence-electron chi connectivity index (χ2n) is 7.96. The average Bonchev–Trinajstić information content (AvgIpc) is 3.11. The van der Waals surface area contributed by atoms with Crippen LogP contribution in [0.1, 0.15) is 25.3 Å². The third kappa shape index (κ3) is 3.52. The van der Waals surface area contributed by atoms with Crippen molar-refractivity contribution in [3.8, 4) is 28.1 Å². The van der Waals surface area contributed by atoms with Gasteiger partial charge < -0.3 is 10.1 Å². The number of pyridine rings is 1. The Bertz CT molecular complexity index is 1120. The molecule has 1 N–H and O–H groups in total. The van der Waals surface area contributed by atoms with Crippen LogP contribution >= 0.6 is 0 Å². The third-order valence-corrected chi connectivity index (χ3v) is 5.52. The van der Waals surface area contributed by atoms with Crippen LogP contribution in [0.15, 0.2) is 73.1 Å². The molecule has 4 heteroatoms. The van der Waals surface area contributed by atoms with Gasteiger partial charge in [0, 0.05) is 30.8 Å². The van der Waals surface area contributed by atoms with Gasteiger partial charge in [-0.2, -0.15) is 0 Å². The first-order valence-electron chi connectivity index (χ1n) is 10.2. The van der Waals surface area contributed by atoms with Crippen molar-refractivity contribution in [2.75, 3.05) is 13.1 Å². The number of benzene rings is 2. The van der Waals surface area contributed by atoms with Crippen LogP contribution in [-0.2, 0) is 0 Å². The molecule has 0 radical (unpaired) electrons. The first-order valence-corrected chi connectivity index (χ1v) is 10.2. The molecular formula is C25H25N3O. The van der Waals surface area contributed by atoms with E-state index in [1.807, 2.05) is 32.2 Å². The first-order chi connectivity index (χ1) is 14.2. The number of rotatable bonds is 5. The van der Waals surface area contributed by atoms with E-state index in [1.54, 1.807) is 0 Å². The number of hydrogen-bond acceptors (Lipinski definition) is 3. The number of imidazole rings is 1. The van der Waals surface area contributed by atoms with E-state index in [0.29, 0.717) is 5.92 Å². The Balaban J connectivity index is 1.47. The van der Waals surface area contributed by atoms with Crippen LogP contribution in [0, 0.1) is 0 Å². The fourth-order valence-corrected chi connectivity index (χ4v) is 3.81. The van der Waals surface area contributed by atoms with Crippen LogP contribution in [0.4, 0.5) is 0 Å². The largest absolute Gasteiger partial charge is 0.491 e. The van der Waals surface area contributed by atoms with Gasteiger partial charge in [-0.3, -0.25) is 4.40 Å². The monoisotopic (exact) mass is 383 g/mol. The molecule has 0 amide bonds. The van der Waals surface area contributed by atoms with Gasteiger partial charge in [-0.25, -0.2) is 4.98 Å². The molecule has 3 heterocycles. The normalized spacial score (nSPS) is 14.3. The second-order valence-corrected chi connectivity index (χ2v) is 7.96. The van der Waals surface area contributed by atoms with Gasteiger partial charge in [0.05, 0.1) is 18.0 Å². The van der Waals surface area contributed by atoms with Crippen LogP contribution in [0.25, 0.3) is 28.0 Å². The number of hydrogen-bond donors (Lipinski definition) is 1. The van der Waals surface area contributed by atoms with Gasteiger partial charge in [0.25, 0.3) is 0 Å². The Labute approximate surface area is 171 Å². The van der Waals surface area contributed by atoms with E-state index in [9.17, 15) is 0 Å². The van der Waals surface area contributed by atoms with Gasteiger partial charge in [-0.15, -0.1) is 0 Å². The predicted molar refractivity (Wildman–Crippen MR) is 117 cm³/mol. The predicted octanol–water partition coefficient (Wildman–Crippen LogP) is 5.14. The summed E-state index contributed by atoms with van der Waals surface area (Å²) in [5.41, 5.74) is 6.98. The molecule has 4 aromatic rings. The fourth-order valence-electron chi connectivity index (χ4n) is 3.81. The van der Waals surface area contributed by atoms with E-state index in [2.05, 4.69) is 69.4 Å². The number of nitrogens with zero attached hydrogens (tertiary/aromatic N) is 2. The molecule has 0 spiro atoms. The van der Waals surface area contributed by atoms with Gasteiger partial charge in [0.15, 0.2) is 0 Å². The first kappa shape index (κ1) is 18.0. The highest BCUT2D eigenvalue weighted by Gasteiger charge is 2.18. The van der Waals surface area contributed by atoms with E-state index in [4.69, 9.17) is 4.74 Å². The van der Waals surface area contributed by atoms with E-state index in [0.717, 1.165) is 35.7 Å². The molecule has 0 atom stereocenters. The average molecular weight is 383 g/mol. The quantitative estimate of drug-likeness (QED) is 0.518. The van der Waals surface area contributed by atoms with Crippen LogP contribution in [0.5, 0.6) is 5.75 Å². The molecule has 1 aliphatic rings.